The van der Waals surface area contributed by atoms with Gasteiger partial charge in [0.2, 0.25) is 0 Å². The number of nitrogens with zero attached hydrogens (tertiary/aromatic N) is 1. The third-order valence-electron chi connectivity index (χ3n) is 3.68. The Morgan fingerprint density at radius 3 is 3.16 bits per heavy atom. The number of rotatable bonds is 4. The van der Waals surface area contributed by atoms with E-state index in [9.17, 15) is 4.79 Å². The summed E-state index contributed by atoms with van der Waals surface area (Å²) < 4.78 is 2.42. The molecular formula is C14H17NO2S2. The lowest BCUT2D eigenvalue weighted by Gasteiger charge is -2.23. The molecule has 1 fully saturated rings. The van der Waals surface area contributed by atoms with Gasteiger partial charge in [-0.2, -0.15) is 0 Å². The molecule has 2 aromatic rings. The number of hydrogen-bond acceptors (Lipinski definition) is 4. The monoisotopic (exact) mass is 295 g/mol. The zero-order chi connectivity index (χ0) is 13.2. The Kier molecular flexibility index (Phi) is 3.86. The molecule has 19 heavy (non-hydrogen) atoms. The van der Waals surface area contributed by atoms with E-state index in [4.69, 9.17) is 5.11 Å². The van der Waals surface area contributed by atoms with Gasteiger partial charge in [0.05, 0.1) is 4.88 Å². The molecule has 1 saturated heterocycles. The second-order valence-corrected chi connectivity index (χ2v) is 6.95. The quantitative estimate of drug-likeness (QED) is 0.940. The molecule has 3 nitrogen and oxygen atoms in total. The largest absolute Gasteiger partial charge is 0.396 e. The summed E-state index contributed by atoms with van der Waals surface area (Å²) in [6.07, 6.45) is 3.86. The predicted molar refractivity (Wildman–Crippen MR) is 80.1 cm³/mol. The van der Waals surface area contributed by atoms with Crippen LogP contribution in [-0.4, -0.2) is 35.1 Å². The highest BCUT2D eigenvalue weighted by atomic mass is 32.1. The molecule has 0 radical (unpaired) electrons. The van der Waals surface area contributed by atoms with E-state index in [-0.39, 0.29) is 12.5 Å². The molecule has 1 unspecified atom stereocenters. The fourth-order valence-electron chi connectivity index (χ4n) is 2.74. The summed E-state index contributed by atoms with van der Waals surface area (Å²) in [4.78, 5) is 15.4. The van der Waals surface area contributed by atoms with Crippen LogP contribution < -0.4 is 0 Å². The van der Waals surface area contributed by atoms with Crippen molar-refractivity contribution in [2.75, 3.05) is 13.2 Å². The molecule has 3 rings (SSSR count). The zero-order valence-corrected chi connectivity index (χ0v) is 12.3. The lowest BCUT2D eigenvalue weighted by atomic mass is 10.1. The second-order valence-electron chi connectivity index (χ2n) is 4.92. The van der Waals surface area contributed by atoms with Crippen LogP contribution in [-0.2, 0) is 0 Å². The Balaban J connectivity index is 1.77. The Bertz CT molecular complexity index is 546. The Labute approximate surface area is 120 Å². The number of aliphatic hydroxyl groups excluding tert-OH is 1. The Morgan fingerprint density at radius 1 is 1.47 bits per heavy atom. The van der Waals surface area contributed by atoms with Crippen molar-refractivity contribution in [1.29, 1.82) is 0 Å². The van der Waals surface area contributed by atoms with Crippen molar-refractivity contribution >= 4 is 38.0 Å². The van der Waals surface area contributed by atoms with Crippen LogP contribution in [0.25, 0.3) is 9.40 Å². The first kappa shape index (κ1) is 13.1. The first-order valence-corrected chi connectivity index (χ1v) is 8.38. The zero-order valence-electron chi connectivity index (χ0n) is 10.7. The Morgan fingerprint density at radius 2 is 2.37 bits per heavy atom. The van der Waals surface area contributed by atoms with Crippen LogP contribution in [0.15, 0.2) is 17.5 Å². The van der Waals surface area contributed by atoms with Gasteiger partial charge in [0.15, 0.2) is 0 Å². The number of thiophene rings is 2. The molecule has 5 heteroatoms. The van der Waals surface area contributed by atoms with E-state index in [1.807, 2.05) is 11.0 Å². The first-order chi connectivity index (χ1) is 9.29. The van der Waals surface area contributed by atoms with E-state index in [0.717, 1.165) is 37.1 Å². The maximum atomic E-state index is 12.6. The number of amides is 1. The molecule has 1 aliphatic rings. The minimum atomic E-state index is 0.175. The van der Waals surface area contributed by atoms with Crippen molar-refractivity contribution in [1.82, 2.24) is 4.90 Å². The molecule has 0 aliphatic carbocycles. The van der Waals surface area contributed by atoms with Gasteiger partial charge >= 0.3 is 0 Å². The van der Waals surface area contributed by atoms with Crippen molar-refractivity contribution in [2.45, 2.75) is 31.7 Å². The van der Waals surface area contributed by atoms with Gasteiger partial charge in [0.25, 0.3) is 5.91 Å². The molecule has 0 spiro atoms. The number of carbonyl (C=O) groups excluding carboxylic acids is 1. The Hall–Kier alpha value is -0.910. The lowest BCUT2D eigenvalue weighted by Crippen LogP contribution is -2.35. The summed E-state index contributed by atoms with van der Waals surface area (Å²) in [6, 6.07) is 4.42. The lowest BCUT2D eigenvalue weighted by molar-refractivity contribution is 0.0729. The number of carbonyl (C=O) groups is 1. The van der Waals surface area contributed by atoms with Gasteiger partial charge in [-0.25, -0.2) is 0 Å². The van der Waals surface area contributed by atoms with Gasteiger partial charge in [0.1, 0.15) is 0 Å². The van der Waals surface area contributed by atoms with Gasteiger partial charge in [-0.3, -0.25) is 4.79 Å². The molecule has 1 aliphatic heterocycles. The molecule has 0 saturated carbocycles. The van der Waals surface area contributed by atoms with E-state index in [1.54, 1.807) is 22.7 Å². The summed E-state index contributed by atoms with van der Waals surface area (Å²) in [5.74, 6) is 0.175. The number of fused-ring (bicyclic) bond motifs is 1. The van der Waals surface area contributed by atoms with Crippen LogP contribution in [0.1, 0.15) is 35.4 Å². The minimum absolute atomic E-state index is 0.175. The smallest absolute Gasteiger partial charge is 0.264 e. The van der Waals surface area contributed by atoms with E-state index in [2.05, 4.69) is 11.4 Å². The van der Waals surface area contributed by atoms with Crippen LogP contribution in [0.3, 0.4) is 0 Å². The van der Waals surface area contributed by atoms with Gasteiger partial charge in [0, 0.05) is 28.6 Å². The van der Waals surface area contributed by atoms with Crippen molar-refractivity contribution in [3.05, 3.63) is 22.4 Å². The average molecular weight is 295 g/mol. The fraction of sp³-hybridized carbons (Fsp3) is 0.500. The summed E-state index contributed by atoms with van der Waals surface area (Å²) in [5, 5.41) is 11.0. The predicted octanol–water partition coefficient (Wildman–Crippen LogP) is 3.34. The molecule has 1 amide bonds. The van der Waals surface area contributed by atoms with Gasteiger partial charge in [-0.05, 0) is 43.2 Å². The van der Waals surface area contributed by atoms with Gasteiger partial charge in [-0.1, -0.05) is 0 Å². The maximum absolute atomic E-state index is 12.6. The van der Waals surface area contributed by atoms with E-state index < -0.39 is 0 Å². The van der Waals surface area contributed by atoms with E-state index in [0.29, 0.717) is 6.04 Å². The van der Waals surface area contributed by atoms with Crippen molar-refractivity contribution in [3.63, 3.8) is 0 Å². The number of hydrogen-bond donors (Lipinski definition) is 1. The molecule has 0 bridgehead atoms. The van der Waals surface area contributed by atoms with Crippen LogP contribution in [0, 0.1) is 0 Å². The number of aliphatic hydroxyl groups is 1. The molecule has 0 aromatic carbocycles. The van der Waals surface area contributed by atoms with E-state index >= 15 is 0 Å². The first-order valence-electron chi connectivity index (χ1n) is 6.68. The molecule has 102 valence electrons. The molecule has 1 atom stereocenters. The van der Waals surface area contributed by atoms with Gasteiger partial charge < -0.3 is 10.0 Å². The number of likely N-dealkylation sites (tertiary alicyclic amines) is 1. The third kappa shape index (κ3) is 2.55. The summed E-state index contributed by atoms with van der Waals surface area (Å²) in [6.45, 7) is 1.08. The molecule has 3 heterocycles. The average Bonchev–Trinajstić information content (AvgIpc) is 3.09. The normalized spacial score (nSPS) is 19.4. The highest BCUT2D eigenvalue weighted by Crippen LogP contribution is 2.32. The van der Waals surface area contributed by atoms with Crippen molar-refractivity contribution in [3.8, 4) is 0 Å². The molecule has 2 aromatic heterocycles. The minimum Gasteiger partial charge on any atom is -0.396 e. The fourth-order valence-corrected chi connectivity index (χ4v) is 4.81. The van der Waals surface area contributed by atoms with E-state index in [1.165, 1.54) is 9.40 Å². The SMILES string of the molecule is O=C(c1cc2sccc2s1)N1CCCC1CCCO. The van der Waals surface area contributed by atoms with Crippen LogP contribution >= 0.6 is 22.7 Å². The standard InChI is InChI=1S/C14H17NO2S2/c16-7-2-4-10-3-1-6-15(10)14(17)13-9-12-11(19-13)5-8-18-12/h5,8-10,16H,1-4,6-7H2. The van der Waals surface area contributed by atoms with Crippen LogP contribution in [0.2, 0.25) is 0 Å². The van der Waals surface area contributed by atoms with Crippen molar-refractivity contribution < 1.29 is 9.90 Å². The molecular weight excluding hydrogens is 278 g/mol. The van der Waals surface area contributed by atoms with Crippen LogP contribution in [0.5, 0.6) is 0 Å². The van der Waals surface area contributed by atoms with Gasteiger partial charge in [-0.15, -0.1) is 22.7 Å². The summed E-state index contributed by atoms with van der Waals surface area (Å²) in [7, 11) is 0. The summed E-state index contributed by atoms with van der Waals surface area (Å²) in [5.41, 5.74) is 0. The summed E-state index contributed by atoms with van der Waals surface area (Å²) >= 11 is 3.28. The highest BCUT2D eigenvalue weighted by Gasteiger charge is 2.29. The second kappa shape index (κ2) is 5.61. The maximum Gasteiger partial charge on any atom is 0.264 e. The van der Waals surface area contributed by atoms with Crippen molar-refractivity contribution in [2.24, 2.45) is 0 Å². The topological polar surface area (TPSA) is 40.5 Å². The molecule has 1 N–H and O–H groups in total. The highest BCUT2D eigenvalue weighted by molar-refractivity contribution is 7.27. The third-order valence-corrected chi connectivity index (χ3v) is 5.76. The van der Waals surface area contributed by atoms with Crippen LogP contribution in [0.4, 0.5) is 0 Å².